The first-order valence-corrected chi connectivity index (χ1v) is 8.03. The lowest BCUT2D eigenvalue weighted by Crippen LogP contribution is -2.30. The van der Waals surface area contributed by atoms with Crippen molar-refractivity contribution in [2.75, 3.05) is 13.6 Å². The SMILES string of the molecule is CCCC1CCC(CNC)C(c2ccccc2Cl)C1. The molecule has 3 unspecified atom stereocenters. The Hall–Kier alpha value is -0.530. The summed E-state index contributed by atoms with van der Waals surface area (Å²) in [5.74, 6) is 2.25. The van der Waals surface area contributed by atoms with E-state index < -0.39 is 0 Å². The first-order chi connectivity index (χ1) is 9.26. The van der Waals surface area contributed by atoms with Crippen LogP contribution < -0.4 is 5.32 Å². The summed E-state index contributed by atoms with van der Waals surface area (Å²) in [6.07, 6.45) is 6.70. The van der Waals surface area contributed by atoms with E-state index in [0.29, 0.717) is 5.92 Å². The quantitative estimate of drug-likeness (QED) is 0.812. The van der Waals surface area contributed by atoms with Crippen LogP contribution in [0.25, 0.3) is 0 Å². The van der Waals surface area contributed by atoms with Crippen LogP contribution in [0.5, 0.6) is 0 Å². The van der Waals surface area contributed by atoms with Crippen molar-refractivity contribution < 1.29 is 0 Å². The van der Waals surface area contributed by atoms with Crippen molar-refractivity contribution in [3.05, 3.63) is 34.9 Å². The molecule has 1 N–H and O–H groups in total. The highest BCUT2D eigenvalue weighted by Crippen LogP contribution is 2.43. The van der Waals surface area contributed by atoms with E-state index in [-0.39, 0.29) is 0 Å². The summed E-state index contributed by atoms with van der Waals surface area (Å²) < 4.78 is 0. The highest BCUT2D eigenvalue weighted by atomic mass is 35.5. The molecule has 0 saturated heterocycles. The number of hydrogen-bond donors (Lipinski definition) is 1. The average Bonchev–Trinajstić information content (AvgIpc) is 2.42. The molecule has 1 saturated carbocycles. The molecule has 0 bridgehead atoms. The zero-order chi connectivity index (χ0) is 13.7. The Morgan fingerprint density at radius 2 is 2.05 bits per heavy atom. The van der Waals surface area contributed by atoms with Gasteiger partial charge in [0.25, 0.3) is 0 Å². The lowest BCUT2D eigenvalue weighted by molar-refractivity contribution is 0.223. The molecule has 1 nitrogen and oxygen atoms in total. The summed E-state index contributed by atoms with van der Waals surface area (Å²) >= 11 is 6.43. The molecule has 0 aromatic heterocycles. The standard InChI is InChI=1S/C17H26ClN/c1-3-6-13-9-10-14(12-19-2)16(11-13)15-7-4-5-8-17(15)18/h4-5,7-8,13-14,16,19H,3,6,9-12H2,1-2H3. The van der Waals surface area contributed by atoms with Gasteiger partial charge < -0.3 is 5.32 Å². The highest BCUT2D eigenvalue weighted by Gasteiger charge is 2.31. The molecule has 1 aliphatic rings. The Kier molecular flexibility index (Phi) is 5.72. The zero-order valence-electron chi connectivity index (χ0n) is 12.2. The van der Waals surface area contributed by atoms with Gasteiger partial charge in [0, 0.05) is 5.02 Å². The summed E-state index contributed by atoms with van der Waals surface area (Å²) in [4.78, 5) is 0. The molecular weight excluding hydrogens is 254 g/mol. The molecule has 0 radical (unpaired) electrons. The molecule has 106 valence electrons. The van der Waals surface area contributed by atoms with Gasteiger partial charge in [-0.15, -0.1) is 0 Å². The van der Waals surface area contributed by atoms with Crippen LogP contribution >= 0.6 is 11.6 Å². The van der Waals surface area contributed by atoms with Crippen molar-refractivity contribution >= 4 is 11.6 Å². The Bertz CT molecular complexity index is 391. The fraction of sp³-hybridized carbons (Fsp3) is 0.647. The number of halogens is 1. The minimum atomic E-state index is 0.631. The topological polar surface area (TPSA) is 12.0 Å². The van der Waals surface area contributed by atoms with Gasteiger partial charge >= 0.3 is 0 Å². The lowest BCUT2D eigenvalue weighted by Gasteiger charge is -2.37. The minimum Gasteiger partial charge on any atom is -0.319 e. The smallest absolute Gasteiger partial charge is 0.0440 e. The van der Waals surface area contributed by atoms with E-state index in [1.54, 1.807) is 0 Å². The van der Waals surface area contributed by atoms with Gasteiger partial charge in [-0.2, -0.15) is 0 Å². The van der Waals surface area contributed by atoms with E-state index in [9.17, 15) is 0 Å². The van der Waals surface area contributed by atoms with Gasteiger partial charge in [-0.1, -0.05) is 56.0 Å². The van der Waals surface area contributed by atoms with Crippen LogP contribution in [-0.2, 0) is 0 Å². The predicted molar refractivity (Wildman–Crippen MR) is 83.9 cm³/mol. The van der Waals surface area contributed by atoms with Crippen LogP contribution in [0.2, 0.25) is 5.02 Å². The van der Waals surface area contributed by atoms with Gasteiger partial charge in [0.15, 0.2) is 0 Å². The van der Waals surface area contributed by atoms with Crippen LogP contribution in [0.4, 0.5) is 0 Å². The molecular formula is C17H26ClN. The lowest BCUT2D eigenvalue weighted by atomic mass is 9.70. The third-order valence-electron chi connectivity index (χ3n) is 4.57. The maximum atomic E-state index is 6.43. The van der Waals surface area contributed by atoms with Crippen LogP contribution in [0.3, 0.4) is 0 Å². The number of nitrogens with one attached hydrogen (secondary N) is 1. The maximum Gasteiger partial charge on any atom is 0.0440 e. The van der Waals surface area contributed by atoms with Crippen molar-refractivity contribution in [2.45, 2.75) is 44.9 Å². The Labute approximate surface area is 122 Å². The van der Waals surface area contributed by atoms with Crippen LogP contribution in [0, 0.1) is 11.8 Å². The minimum absolute atomic E-state index is 0.631. The Morgan fingerprint density at radius 3 is 2.74 bits per heavy atom. The summed E-state index contributed by atoms with van der Waals surface area (Å²) in [5.41, 5.74) is 1.37. The van der Waals surface area contributed by atoms with E-state index in [1.807, 2.05) is 12.1 Å². The third-order valence-corrected chi connectivity index (χ3v) is 4.91. The van der Waals surface area contributed by atoms with E-state index in [2.05, 4.69) is 31.4 Å². The fourth-order valence-corrected chi connectivity index (χ4v) is 3.93. The molecule has 0 amide bonds. The number of benzene rings is 1. The van der Waals surface area contributed by atoms with Crippen molar-refractivity contribution in [1.29, 1.82) is 0 Å². The molecule has 1 aliphatic carbocycles. The molecule has 1 aromatic carbocycles. The Balaban J connectivity index is 2.18. The van der Waals surface area contributed by atoms with Gasteiger partial charge in [0.05, 0.1) is 0 Å². The van der Waals surface area contributed by atoms with Gasteiger partial charge in [0.2, 0.25) is 0 Å². The van der Waals surface area contributed by atoms with Crippen molar-refractivity contribution in [3.63, 3.8) is 0 Å². The maximum absolute atomic E-state index is 6.43. The molecule has 0 aliphatic heterocycles. The predicted octanol–water partition coefficient (Wildman–Crippen LogP) is 4.86. The Morgan fingerprint density at radius 1 is 1.26 bits per heavy atom. The second-order valence-corrected chi connectivity index (χ2v) is 6.32. The van der Waals surface area contributed by atoms with Gasteiger partial charge in [-0.05, 0) is 55.8 Å². The second-order valence-electron chi connectivity index (χ2n) is 5.91. The third kappa shape index (κ3) is 3.73. The molecule has 3 atom stereocenters. The van der Waals surface area contributed by atoms with Gasteiger partial charge in [0.1, 0.15) is 0 Å². The molecule has 0 heterocycles. The van der Waals surface area contributed by atoms with E-state index in [0.717, 1.165) is 23.4 Å². The van der Waals surface area contributed by atoms with E-state index in [4.69, 9.17) is 11.6 Å². The first kappa shape index (κ1) is 14.9. The van der Waals surface area contributed by atoms with Gasteiger partial charge in [-0.3, -0.25) is 0 Å². The zero-order valence-corrected chi connectivity index (χ0v) is 12.9. The van der Waals surface area contributed by atoms with Crippen LogP contribution in [0.1, 0.15) is 50.5 Å². The van der Waals surface area contributed by atoms with Gasteiger partial charge in [-0.25, -0.2) is 0 Å². The number of rotatable bonds is 5. The van der Waals surface area contributed by atoms with E-state index >= 15 is 0 Å². The van der Waals surface area contributed by atoms with Crippen LogP contribution in [0.15, 0.2) is 24.3 Å². The summed E-state index contributed by atoms with van der Waals surface area (Å²) in [5, 5.41) is 4.31. The summed E-state index contributed by atoms with van der Waals surface area (Å²) in [7, 11) is 2.06. The first-order valence-electron chi connectivity index (χ1n) is 7.65. The van der Waals surface area contributed by atoms with Crippen molar-refractivity contribution in [2.24, 2.45) is 11.8 Å². The largest absolute Gasteiger partial charge is 0.319 e. The molecule has 0 spiro atoms. The monoisotopic (exact) mass is 279 g/mol. The molecule has 1 aromatic rings. The summed E-state index contributed by atoms with van der Waals surface area (Å²) in [6, 6.07) is 8.42. The molecule has 2 rings (SSSR count). The molecule has 1 fully saturated rings. The van der Waals surface area contributed by atoms with E-state index in [1.165, 1.54) is 37.7 Å². The summed E-state index contributed by atoms with van der Waals surface area (Å²) in [6.45, 7) is 3.40. The molecule has 2 heteroatoms. The normalized spacial score (nSPS) is 27.4. The van der Waals surface area contributed by atoms with Crippen LogP contribution in [-0.4, -0.2) is 13.6 Å². The highest BCUT2D eigenvalue weighted by molar-refractivity contribution is 6.31. The van der Waals surface area contributed by atoms with Crippen molar-refractivity contribution in [1.82, 2.24) is 5.32 Å². The van der Waals surface area contributed by atoms with Crippen molar-refractivity contribution in [3.8, 4) is 0 Å². The molecule has 19 heavy (non-hydrogen) atoms. The number of hydrogen-bond acceptors (Lipinski definition) is 1. The second kappa shape index (κ2) is 7.31. The average molecular weight is 280 g/mol. The fourth-order valence-electron chi connectivity index (χ4n) is 3.65.